The average molecular weight is 284 g/mol. The van der Waals surface area contributed by atoms with Crippen LogP contribution in [0.15, 0.2) is 48.5 Å². The molecule has 0 aliphatic carbocycles. The standard InChI is InChI=1S/C17H16O4/c1-11(13-6-8-15(9-7-13)17(20)21)10-12-2-4-14(5-3-12)16(18)19/h2-9,11H,10H2,1H3,(H,18,19)(H,20,21). The topological polar surface area (TPSA) is 74.6 Å². The normalized spacial score (nSPS) is 11.9. The molecule has 0 fully saturated rings. The molecule has 1 atom stereocenters. The molecule has 2 rings (SSSR count). The van der Waals surface area contributed by atoms with Crippen LogP contribution in [-0.4, -0.2) is 22.2 Å². The molecule has 21 heavy (non-hydrogen) atoms. The summed E-state index contributed by atoms with van der Waals surface area (Å²) in [5.74, 6) is -1.64. The van der Waals surface area contributed by atoms with Crippen LogP contribution >= 0.6 is 0 Å². The summed E-state index contributed by atoms with van der Waals surface area (Å²) in [5.41, 5.74) is 2.66. The van der Waals surface area contributed by atoms with Crippen LogP contribution in [0.1, 0.15) is 44.7 Å². The summed E-state index contributed by atoms with van der Waals surface area (Å²) >= 11 is 0. The largest absolute Gasteiger partial charge is 0.478 e. The Labute approximate surface area is 122 Å². The van der Waals surface area contributed by atoms with Gasteiger partial charge in [0.05, 0.1) is 11.1 Å². The second-order valence-corrected chi connectivity index (χ2v) is 5.03. The summed E-state index contributed by atoms with van der Waals surface area (Å²) in [5, 5.41) is 17.7. The fraction of sp³-hybridized carbons (Fsp3) is 0.176. The second-order valence-electron chi connectivity index (χ2n) is 5.03. The molecule has 4 heteroatoms. The lowest BCUT2D eigenvalue weighted by Gasteiger charge is -2.12. The second kappa shape index (κ2) is 6.22. The lowest BCUT2D eigenvalue weighted by Crippen LogP contribution is -2.02. The molecule has 2 aromatic rings. The highest BCUT2D eigenvalue weighted by Crippen LogP contribution is 2.21. The summed E-state index contributed by atoms with van der Waals surface area (Å²) in [7, 11) is 0. The summed E-state index contributed by atoms with van der Waals surface area (Å²) in [6, 6.07) is 13.6. The summed E-state index contributed by atoms with van der Waals surface area (Å²) < 4.78 is 0. The molecule has 0 saturated carbocycles. The van der Waals surface area contributed by atoms with Gasteiger partial charge in [-0.25, -0.2) is 9.59 Å². The Morgan fingerprint density at radius 1 is 0.857 bits per heavy atom. The fourth-order valence-electron chi connectivity index (χ4n) is 2.21. The smallest absolute Gasteiger partial charge is 0.335 e. The number of hydrogen-bond donors (Lipinski definition) is 2. The van der Waals surface area contributed by atoms with Gasteiger partial charge in [-0.2, -0.15) is 0 Å². The minimum absolute atomic E-state index is 0.225. The molecule has 0 heterocycles. The van der Waals surface area contributed by atoms with Gasteiger partial charge in [0.2, 0.25) is 0 Å². The van der Waals surface area contributed by atoms with Crippen molar-refractivity contribution in [2.45, 2.75) is 19.3 Å². The number of carboxylic acid groups (broad SMARTS) is 2. The van der Waals surface area contributed by atoms with Crippen molar-refractivity contribution in [2.24, 2.45) is 0 Å². The third-order valence-electron chi connectivity index (χ3n) is 3.47. The highest BCUT2D eigenvalue weighted by atomic mass is 16.4. The number of carbonyl (C=O) groups is 2. The van der Waals surface area contributed by atoms with Crippen molar-refractivity contribution in [3.05, 3.63) is 70.8 Å². The molecule has 0 bridgehead atoms. The monoisotopic (exact) mass is 284 g/mol. The third-order valence-corrected chi connectivity index (χ3v) is 3.47. The van der Waals surface area contributed by atoms with Gasteiger partial charge < -0.3 is 10.2 Å². The van der Waals surface area contributed by atoms with E-state index in [1.165, 1.54) is 0 Å². The molecule has 0 aliphatic rings. The Bertz CT molecular complexity index is 641. The van der Waals surface area contributed by atoms with Gasteiger partial charge in [0.15, 0.2) is 0 Å². The van der Waals surface area contributed by atoms with Crippen molar-refractivity contribution in [3.8, 4) is 0 Å². The first-order valence-corrected chi connectivity index (χ1v) is 6.63. The van der Waals surface area contributed by atoms with E-state index < -0.39 is 11.9 Å². The Morgan fingerprint density at radius 2 is 1.29 bits per heavy atom. The first-order chi connectivity index (χ1) is 9.97. The quantitative estimate of drug-likeness (QED) is 0.882. The maximum Gasteiger partial charge on any atom is 0.335 e. The van der Waals surface area contributed by atoms with Crippen LogP contribution < -0.4 is 0 Å². The Hall–Kier alpha value is -2.62. The van der Waals surface area contributed by atoms with Crippen molar-refractivity contribution in [1.82, 2.24) is 0 Å². The number of benzene rings is 2. The Morgan fingerprint density at radius 3 is 1.71 bits per heavy atom. The Balaban J connectivity index is 2.08. The zero-order chi connectivity index (χ0) is 15.4. The number of hydrogen-bond acceptors (Lipinski definition) is 2. The lowest BCUT2D eigenvalue weighted by molar-refractivity contribution is 0.0686. The lowest BCUT2D eigenvalue weighted by atomic mass is 9.93. The molecule has 0 aliphatic heterocycles. The number of carboxylic acids is 2. The predicted octanol–water partition coefficient (Wildman–Crippen LogP) is 3.43. The maximum absolute atomic E-state index is 10.8. The van der Waals surface area contributed by atoms with Gasteiger partial charge in [0.25, 0.3) is 0 Å². The number of aromatic carboxylic acids is 2. The van der Waals surface area contributed by atoms with Crippen molar-refractivity contribution in [3.63, 3.8) is 0 Å². The molecule has 0 saturated heterocycles. The van der Waals surface area contributed by atoms with Gasteiger partial charge in [-0.05, 0) is 47.7 Å². The van der Waals surface area contributed by atoms with E-state index in [0.29, 0.717) is 0 Å². The van der Waals surface area contributed by atoms with Crippen LogP contribution in [0.2, 0.25) is 0 Å². The molecule has 0 spiro atoms. The Kier molecular flexibility index (Phi) is 4.38. The molecular weight excluding hydrogens is 268 g/mol. The van der Waals surface area contributed by atoms with Gasteiger partial charge >= 0.3 is 11.9 Å². The van der Waals surface area contributed by atoms with Crippen LogP contribution in [0.4, 0.5) is 0 Å². The van der Waals surface area contributed by atoms with E-state index in [1.54, 1.807) is 24.3 Å². The average Bonchev–Trinajstić information content (AvgIpc) is 2.47. The molecule has 2 N–H and O–H groups in total. The highest BCUT2D eigenvalue weighted by molar-refractivity contribution is 5.88. The minimum atomic E-state index is -0.932. The third kappa shape index (κ3) is 3.69. The highest BCUT2D eigenvalue weighted by Gasteiger charge is 2.09. The molecule has 108 valence electrons. The van der Waals surface area contributed by atoms with E-state index in [-0.39, 0.29) is 17.0 Å². The predicted molar refractivity (Wildman–Crippen MR) is 78.9 cm³/mol. The van der Waals surface area contributed by atoms with Crippen molar-refractivity contribution in [1.29, 1.82) is 0 Å². The van der Waals surface area contributed by atoms with Crippen LogP contribution in [0.5, 0.6) is 0 Å². The van der Waals surface area contributed by atoms with E-state index in [2.05, 4.69) is 6.92 Å². The van der Waals surface area contributed by atoms with Gasteiger partial charge in [-0.1, -0.05) is 31.2 Å². The molecule has 4 nitrogen and oxygen atoms in total. The first-order valence-electron chi connectivity index (χ1n) is 6.63. The molecule has 2 aromatic carbocycles. The van der Waals surface area contributed by atoms with Crippen LogP contribution in [0.25, 0.3) is 0 Å². The van der Waals surface area contributed by atoms with Crippen LogP contribution in [0.3, 0.4) is 0 Å². The van der Waals surface area contributed by atoms with E-state index in [9.17, 15) is 9.59 Å². The van der Waals surface area contributed by atoms with Crippen molar-refractivity contribution in [2.75, 3.05) is 0 Å². The summed E-state index contributed by atoms with van der Waals surface area (Å²) in [6.07, 6.45) is 0.770. The van der Waals surface area contributed by atoms with Gasteiger partial charge in [-0.15, -0.1) is 0 Å². The van der Waals surface area contributed by atoms with E-state index >= 15 is 0 Å². The fourth-order valence-corrected chi connectivity index (χ4v) is 2.21. The van der Waals surface area contributed by atoms with E-state index in [4.69, 9.17) is 10.2 Å². The van der Waals surface area contributed by atoms with Crippen molar-refractivity contribution < 1.29 is 19.8 Å². The molecule has 0 aromatic heterocycles. The maximum atomic E-state index is 10.8. The SMILES string of the molecule is CC(Cc1ccc(C(=O)O)cc1)c1ccc(C(=O)O)cc1. The van der Waals surface area contributed by atoms with E-state index in [1.807, 2.05) is 24.3 Å². The number of rotatable bonds is 5. The molecule has 0 radical (unpaired) electrons. The van der Waals surface area contributed by atoms with Gasteiger partial charge in [0.1, 0.15) is 0 Å². The van der Waals surface area contributed by atoms with Crippen LogP contribution in [-0.2, 0) is 6.42 Å². The van der Waals surface area contributed by atoms with E-state index in [0.717, 1.165) is 17.5 Å². The zero-order valence-electron chi connectivity index (χ0n) is 11.6. The molecule has 1 unspecified atom stereocenters. The zero-order valence-corrected chi connectivity index (χ0v) is 11.6. The van der Waals surface area contributed by atoms with Crippen LogP contribution in [0, 0.1) is 0 Å². The summed E-state index contributed by atoms with van der Waals surface area (Å²) in [6.45, 7) is 2.06. The first kappa shape index (κ1) is 14.8. The molecular formula is C17H16O4. The van der Waals surface area contributed by atoms with Gasteiger partial charge in [0, 0.05) is 0 Å². The molecule has 0 amide bonds. The van der Waals surface area contributed by atoms with Crippen molar-refractivity contribution >= 4 is 11.9 Å². The minimum Gasteiger partial charge on any atom is -0.478 e. The van der Waals surface area contributed by atoms with Gasteiger partial charge in [-0.3, -0.25) is 0 Å². The summed E-state index contributed by atoms with van der Waals surface area (Å²) in [4.78, 5) is 21.6.